The van der Waals surface area contributed by atoms with E-state index in [0.29, 0.717) is 17.5 Å². The van der Waals surface area contributed by atoms with E-state index in [1.165, 1.54) is 43.6 Å². The summed E-state index contributed by atoms with van der Waals surface area (Å²) in [7, 11) is 1.20. The third-order valence-corrected chi connectivity index (χ3v) is 8.96. The van der Waals surface area contributed by atoms with Gasteiger partial charge in [0.2, 0.25) is 5.91 Å². The van der Waals surface area contributed by atoms with Gasteiger partial charge in [0, 0.05) is 47.8 Å². The lowest BCUT2D eigenvalue weighted by Crippen LogP contribution is -2.64. The number of fused-ring (bicyclic) bond motifs is 1. The van der Waals surface area contributed by atoms with Crippen LogP contribution in [-0.2, 0) is 31.1 Å². The smallest absolute Gasteiger partial charge is 0.338 e. The first kappa shape index (κ1) is 30.6. The number of pyridine rings is 1. The second-order valence-electron chi connectivity index (χ2n) is 11.4. The van der Waals surface area contributed by atoms with Crippen LogP contribution in [0.4, 0.5) is 24.7 Å². The molecule has 1 saturated heterocycles. The number of nitrogens with zero attached hydrogens (tertiary/aromatic N) is 3. The zero-order chi connectivity index (χ0) is 32.1. The van der Waals surface area contributed by atoms with Crippen molar-refractivity contribution in [3.63, 3.8) is 0 Å². The zero-order valence-electron chi connectivity index (χ0n) is 24.1. The summed E-state index contributed by atoms with van der Waals surface area (Å²) in [4.78, 5) is 61.4. The Bertz CT molecular complexity index is 1710. The van der Waals surface area contributed by atoms with E-state index in [9.17, 15) is 32.3 Å². The molecule has 2 aromatic carbocycles. The minimum absolute atomic E-state index is 0.0115. The lowest BCUT2D eigenvalue weighted by Gasteiger charge is -2.45. The van der Waals surface area contributed by atoms with Gasteiger partial charge in [-0.05, 0) is 61.2 Å². The number of aryl methyl sites for hydroxylation is 1. The quantitative estimate of drug-likeness (QED) is 0.367. The molecule has 0 bridgehead atoms. The lowest BCUT2D eigenvalue weighted by molar-refractivity contribution is -0.137. The maximum absolute atomic E-state index is 14.9. The van der Waals surface area contributed by atoms with Gasteiger partial charge in [-0.3, -0.25) is 24.2 Å². The lowest BCUT2D eigenvalue weighted by atomic mass is 9.83. The van der Waals surface area contributed by atoms with Gasteiger partial charge in [-0.15, -0.1) is 0 Å². The van der Waals surface area contributed by atoms with Crippen molar-refractivity contribution in [2.45, 2.75) is 62.1 Å². The van der Waals surface area contributed by atoms with Crippen LogP contribution in [0.3, 0.4) is 0 Å². The van der Waals surface area contributed by atoms with Crippen LogP contribution in [0.5, 0.6) is 0 Å². The molecule has 2 aliphatic carbocycles. The van der Waals surface area contributed by atoms with Gasteiger partial charge in [0.05, 0.1) is 12.7 Å². The molecule has 0 spiro atoms. The molecular weight excluding hydrogens is 613 g/mol. The van der Waals surface area contributed by atoms with E-state index in [1.54, 1.807) is 18.2 Å². The molecular formula is C32H28ClF3N4O5. The highest BCUT2D eigenvalue weighted by Gasteiger charge is 2.57. The Morgan fingerprint density at radius 1 is 1.09 bits per heavy atom. The third kappa shape index (κ3) is 5.30. The highest BCUT2D eigenvalue weighted by Crippen LogP contribution is 2.49. The molecule has 234 valence electrons. The van der Waals surface area contributed by atoms with Crippen LogP contribution < -0.4 is 15.1 Å². The standard InChI is InChI=1S/C32H28ClF3N4O5/c1-45-29(43)19-11-13-37-25(14-19)39-24(8-9-26(39)41)28(42)40(22-6-3-5-20(34)15-22)32(30(44)38-21-16-31(35,36)17-21)12-10-18-4-2-7-23(33)27(18)32/h2-7,11,13-15,21,24H,8-10,12,16-17H2,1H3,(H,38,44)/t24-,32-/m0/s1. The van der Waals surface area contributed by atoms with Gasteiger partial charge in [0.25, 0.3) is 17.7 Å². The molecule has 2 heterocycles. The van der Waals surface area contributed by atoms with Crippen molar-refractivity contribution in [1.82, 2.24) is 10.3 Å². The van der Waals surface area contributed by atoms with Crippen molar-refractivity contribution in [3.8, 4) is 0 Å². The van der Waals surface area contributed by atoms with Gasteiger partial charge in [-0.2, -0.15) is 0 Å². The Kier molecular flexibility index (Phi) is 7.80. The Morgan fingerprint density at radius 2 is 1.84 bits per heavy atom. The number of nitrogens with one attached hydrogen (secondary N) is 1. The number of rotatable bonds is 7. The van der Waals surface area contributed by atoms with Crippen molar-refractivity contribution >= 4 is 46.8 Å². The average molecular weight is 641 g/mol. The number of halogens is 4. The maximum Gasteiger partial charge on any atom is 0.338 e. The van der Waals surface area contributed by atoms with E-state index in [1.807, 2.05) is 0 Å². The maximum atomic E-state index is 14.9. The number of hydrogen-bond acceptors (Lipinski definition) is 6. The number of methoxy groups -OCH3 is 1. The summed E-state index contributed by atoms with van der Waals surface area (Å²) < 4.78 is 47.2. The van der Waals surface area contributed by atoms with Crippen LogP contribution in [0, 0.1) is 5.82 Å². The molecule has 2 fully saturated rings. The van der Waals surface area contributed by atoms with Gasteiger partial charge in [0.1, 0.15) is 17.7 Å². The van der Waals surface area contributed by atoms with E-state index in [-0.39, 0.29) is 41.4 Å². The molecule has 45 heavy (non-hydrogen) atoms. The Hall–Kier alpha value is -4.45. The van der Waals surface area contributed by atoms with E-state index >= 15 is 0 Å². The number of alkyl halides is 2. The fraction of sp³-hybridized carbons (Fsp3) is 0.344. The molecule has 1 saturated carbocycles. The van der Waals surface area contributed by atoms with Crippen molar-refractivity contribution in [3.05, 3.63) is 88.3 Å². The number of hydrogen-bond donors (Lipinski definition) is 1. The van der Waals surface area contributed by atoms with Crippen molar-refractivity contribution in [2.24, 2.45) is 0 Å². The van der Waals surface area contributed by atoms with Crippen LogP contribution in [0.2, 0.25) is 5.02 Å². The predicted molar refractivity (Wildman–Crippen MR) is 158 cm³/mol. The molecule has 13 heteroatoms. The summed E-state index contributed by atoms with van der Waals surface area (Å²) in [6.45, 7) is 0. The minimum atomic E-state index is -2.93. The predicted octanol–water partition coefficient (Wildman–Crippen LogP) is 4.94. The molecule has 3 amide bonds. The normalized spacial score (nSPS) is 22.0. The molecule has 3 aliphatic rings. The molecule has 6 rings (SSSR count). The Balaban J connectivity index is 1.50. The molecule has 2 atom stereocenters. The van der Waals surface area contributed by atoms with Crippen molar-refractivity contribution in [1.29, 1.82) is 0 Å². The van der Waals surface area contributed by atoms with Crippen LogP contribution in [-0.4, -0.2) is 53.8 Å². The van der Waals surface area contributed by atoms with Crippen molar-refractivity contribution < 1.29 is 37.1 Å². The monoisotopic (exact) mass is 640 g/mol. The van der Waals surface area contributed by atoms with Crippen LogP contribution in [0.15, 0.2) is 60.8 Å². The minimum Gasteiger partial charge on any atom is -0.465 e. The first-order chi connectivity index (χ1) is 21.4. The largest absolute Gasteiger partial charge is 0.465 e. The van der Waals surface area contributed by atoms with Gasteiger partial charge in [-0.25, -0.2) is 22.9 Å². The molecule has 3 aromatic rings. The summed E-state index contributed by atoms with van der Waals surface area (Å²) in [5, 5.41) is 2.87. The van der Waals surface area contributed by atoms with E-state index < -0.39 is 65.9 Å². The summed E-state index contributed by atoms with van der Waals surface area (Å²) >= 11 is 6.73. The van der Waals surface area contributed by atoms with E-state index in [2.05, 4.69) is 10.3 Å². The fourth-order valence-electron chi connectivity index (χ4n) is 6.60. The Morgan fingerprint density at radius 3 is 2.56 bits per heavy atom. The van der Waals surface area contributed by atoms with E-state index in [0.717, 1.165) is 15.9 Å². The fourth-order valence-corrected chi connectivity index (χ4v) is 6.95. The number of aromatic nitrogens is 1. The van der Waals surface area contributed by atoms with Gasteiger partial charge in [0.15, 0.2) is 5.54 Å². The Labute approximate surface area is 261 Å². The molecule has 9 nitrogen and oxygen atoms in total. The average Bonchev–Trinajstić information content (AvgIpc) is 3.58. The third-order valence-electron chi connectivity index (χ3n) is 8.65. The number of benzene rings is 2. The zero-order valence-corrected chi connectivity index (χ0v) is 24.8. The molecule has 1 N–H and O–H groups in total. The second-order valence-corrected chi connectivity index (χ2v) is 11.8. The molecule has 0 unspecified atom stereocenters. The first-order valence-corrected chi connectivity index (χ1v) is 14.8. The number of anilines is 2. The topological polar surface area (TPSA) is 109 Å². The van der Waals surface area contributed by atoms with Crippen LogP contribution in [0.1, 0.15) is 53.6 Å². The van der Waals surface area contributed by atoms with Gasteiger partial charge < -0.3 is 10.1 Å². The van der Waals surface area contributed by atoms with Crippen molar-refractivity contribution in [2.75, 3.05) is 16.9 Å². The van der Waals surface area contributed by atoms with E-state index in [4.69, 9.17) is 16.3 Å². The summed E-state index contributed by atoms with van der Waals surface area (Å²) in [6.07, 6.45) is 0.464. The number of ether oxygens (including phenoxy) is 1. The second kappa shape index (κ2) is 11.5. The van der Waals surface area contributed by atoms with Crippen LogP contribution in [0.25, 0.3) is 0 Å². The number of esters is 1. The number of amides is 3. The molecule has 1 aromatic heterocycles. The van der Waals surface area contributed by atoms with Gasteiger partial charge in [-0.1, -0.05) is 29.8 Å². The highest BCUT2D eigenvalue weighted by molar-refractivity contribution is 6.32. The SMILES string of the molecule is COC(=O)c1ccnc(N2C(=O)CC[C@H]2C(=O)N(c2cccc(F)c2)[C@@]2(C(=O)NC3CC(F)(F)C3)CCc3cccc(Cl)c32)c1. The highest BCUT2D eigenvalue weighted by atomic mass is 35.5. The number of carbonyl (C=O) groups is 4. The summed E-state index contributed by atoms with van der Waals surface area (Å²) in [5.41, 5.74) is -0.799. The summed E-state index contributed by atoms with van der Waals surface area (Å²) in [6, 6.07) is 10.8. The number of carbonyl (C=O) groups excluding carboxylic acids is 4. The molecule has 0 radical (unpaired) electrons. The summed E-state index contributed by atoms with van der Waals surface area (Å²) in [5.74, 6) is -6.22. The first-order valence-electron chi connectivity index (χ1n) is 14.4. The van der Waals surface area contributed by atoms with Gasteiger partial charge >= 0.3 is 5.97 Å². The van der Waals surface area contributed by atoms with Crippen LogP contribution >= 0.6 is 11.6 Å². The molecule has 1 aliphatic heterocycles.